The third-order valence-corrected chi connectivity index (χ3v) is 3.85. The minimum absolute atomic E-state index is 0.248. The molecule has 17 heavy (non-hydrogen) atoms. The zero-order chi connectivity index (χ0) is 12.1. The Bertz CT molecular complexity index is 370. The largest absolute Gasteiger partial charge is 0.360 e. The molecule has 0 N–H and O–H groups in total. The molecule has 1 aliphatic rings. The fraction of sp³-hybridized carbons (Fsp3) is 0.500. The van der Waals surface area contributed by atoms with E-state index >= 15 is 0 Å². The van der Waals surface area contributed by atoms with Crippen molar-refractivity contribution in [2.24, 2.45) is 5.92 Å². The van der Waals surface area contributed by atoms with Crippen molar-refractivity contribution >= 4 is 5.69 Å². The molecule has 0 radical (unpaired) electrons. The van der Waals surface area contributed by atoms with Crippen molar-refractivity contribution in [2.45, 2.75) is 38.1 Å². The molecule has 0 unspecified atom stereocenters. The summed E-state index contributed by atoms with van der Waals surface area (Å²) in [7, 11) is 2.12. The van der Waals surface area contributed by atoms with E-state index in [9.17, 15) is 0 Å². The van der Waals surface area contributed by atoms with E-state index in [0.717, 1.165) is 0 Å². The second kappa shape index (κ2) is 5.77. The minimum Gasteiger partial charge on any atom is -0.360 e. The van der Waals surface area contributed by atoms with Crippen molar-refractivity contribution in [2.75, 3.05) is 11.9 Å². The maximum Gasteiger partial charge on any atom is 0.0925 e. The topological polar surface area (TPSA) is 3.24 Å². The molecule has 1 fully saturated rings. The van der Waals surface area contributed by atoms with Gasteiger partial charge in [0, 0.05) is 12.7 Å². The maximum absolute atomic E-state index is 5.75. The predicted octanol–water partition coefficient (Wildman–Crippen LogP) is 3.70. The molecule has 0 aliphatic heterocycles. The molecule has 0 heterocycles. The van der Waals surface area contributed by atoms with Crippen LogP contribution in [0.25, 0.3) is 0 Å². The number of hydrogen-bond acceptors (Lipinski definition) is 1. The molecule has 0 aromatic heterocycles. The number of para-hydroxylation sites is 1. The van der Waals surface area contributed by atoms with E-state index in [2.05, 4.69) is 42.1 Å². The molecular formula is C16H21N. The van der Waals surface area contributed by atoms with Gasteiger partial charge in [0.05, 0.1) is 6.04 Å². The summed E-state index contributed by atoms with van der Waals surface area (Å²) in [5.74, 6) is 3.66. The van der Waals surface area contributed by atoms with Crippen molar-refractivity contribution in [1.29, 1.82) is 0 Å². The van der Waals surface area contributed by atoms with Crippen LogP contribution in [0, 0.1) is 18.3 Å². The molecule has 1 heteroatoms. The molecular weight excluding hydrogens is 206 g/mol. The average Bonchev–Trinajstić information content (AvgIpc) is 2.42. The lowest BCUT2D eigenvalue weighted by molar-refractivity contribution is 0.332. The van der Waals surface area contributed by atoms with E-state index in [-0.39, 0.29) is 6.04 Å². The van der Waals surface area contributed by atoms with Gasteiger partial charge in [0.25, 0.3) is 0 Å². The van der Waals surface area contributed by atoms with Crippen molar-refractivity contribution in [3.05, 3.63) is 30.3 Å². The molecule has 0 amide bonds. The van der Waals surface area contributed by atoms with E-state index < -0.39 is 0 Å². The highest BCUT2D eigenvalue weighted by molar-refractivity contribution is 5.48. The molecule has 2 rings (SSSR count). The van der Waals surface area contributed by atoms with Crippen molar-refractivity contribution < 1.29 is 0 Å². The highest BCUT2D eigenvalue weighted by Crippen LogP contribution is 2.30. The van der Waals surface area contributed by atoms with Crippen LogP contribution in [0.2, 0.25) is 0 Å². The molecule has 1 atom stereocenters. The van der Waals surface area contributed by atoms with Gasteiger partial charge in [-0.3, -0.25) is 0 Å². The fourth-order valence-electron chi connectivity index (χ4n) is 2.84. The predicted molar refractivity (Wildman–Crippen MR) is 74.0 cm³/mol. The van der Waals surface area contributed by atoms with Gasteiger partial charge in [-0.15, -0.1) is 6.42 Å². The fourth-order valence-corrected chi connectivity index (χ4v) is 2.84. The Morgan fingerprint density at radius 2 is 1.82 bits per heavy atom. The van der Waals surface area contributed by atoms with Gasteiger partial charge in [0.2, 0.25) is 0 Å². The first kappa shape index (κ1) is 12.0. The molecule has 1 aromatic rings. The first-order valence-electron chi connectivity index (χ1n) is 6.57. The normalized spacial score (nSPS) is 18.4. The van der Waals surface area contributed by atoms with Gasteiger partial charge in [-0.05, 0) is 30.9 Å². The van der Waals surface area contributed by atoms with Gasteiger partial charge in [0.15, 0.2) is 0 Å². The van der Waals surface area contributed by atoms with E-state index in [1.165, 1.54) is 37.8 Å². The zero-order valence-electron chi connectivity index (χ0n) is 10.6. The van der Waals surface area contributed by atoms with Crippen molar-refractivity contribution in [3.63, 3.8) is 0 Å². The molecule has 0 saturated heterocycles. The summed E-state index contributed by atoms with van der Waals surface area (Å²) >= 11 is 0. The van der Waals surface area contributed by atoms with Crippen molar-refractivity contribution in [1.82, 2.24) is 0 Å². The van der Waals surface area contributed by atoms with Gasteiger partial charge in [0.1, 0.15) is 0 Å². The molecule has 1 saturated carbocycles. The standard InChI is InChI=1S/C16H21N/c1-3-16(14-10-6-4-7-11-14)17(2)15-12-8-5-9-13-15/h1,5,8-9,12-14,16H,4,6-7,10-11H2,2H3/t16-/m0/s1. The second-order valence-electron chi connectivity index (χ2n) is 4.96. The number of terminal acetylenes is 1. The quantitative estimate of drug-likeness (QED) is 0.712. The summed E-state index contributed by atoms with van der Waals surface area (Å²) in [5.41, 5.74) is 1.22. The highest BCUT2D eigenvalue weighted by Gasteiger charge is 2.25. The summed E-state index contributed by atoms with van der Waals surface area (Å²) in [4.78, 5) is 2.26. The van der Waals surface area contributed by atoms with Crippen LogP contribution in [0.1, 0.15) is 32.1 Å². The lowest BCUT2D eigenvalue weighted by Gasteiger charge is -2.34. The lowest BCUT2D eigenvalue weighted by Crippen LogP contribution is -2.37. The van der Waals surface area contributed by atoms with Crippen LogP contribution >= 0.6 is 0 Å². The maximum atomic E-state index is 5.75. The van der Waals surface area contributed by atoms with Gasteiger partial charge in [-0.25, -0.2) is 0 Å². The number of benzene rings is 1. The van der Waals surface area contributed by atoms with Gasteiger partial charge in [-0.1, -0.05) is 43.4 Å². The summed E-state index contributed by atoms with van der Waals surface area (Å²) in [5, 5.41) is 0. The van der Waals surface area contributed by atoms with Crippen LogP contribution in [-0.4, -0.2) is 13.1 Å². The number of anilines is 1. The Kier molecular flexibility index (Phi) is 4.09. The number of rotatable bonds is 3. The molecule has 1 nitrogen and oxygen atoms in total. The SMILES string of the molecule is C#C[C@@H](C1CCCCC1)N(C)c1ccccc1. The average molecular weight is 227 g/mol. The smallest absolute Gasteiger partial charge is 0.0925 e. The Morgan fingerprint density at radius 3 is 2.41 bits per heavy atom. The van der Waals surface area contributed by atoms with E-state index in [1.54, 1.807) is 0 Å². The van der Waals surface area contributed by atoms with Crippen LogP contribution in [0.5, 0.6) is 0 Å². The third kappa shape index (κ3) is 2.82. The Morgan fingerprint density at radius 1 is 1.18 bits per heavy atom. The Labute approximate surface area is 105 Å². The van der Waals surface area contributed by atoms with E-state index in [1.807, 2.05) is 6.07 Å². The first-order valence-corrected chi connectivity index (χ1v) is 6.57. The van der Waals surface area contributed by atoms with Crippen LogP contribution in [-0.2, 0) is 0 Å². The van der Waals surface area contributed by atoms with Crippen LogP contribution < -0.4 is 4.90 Å². The van der Waals surface area contributed by atoms with E-state index in [0.29, 0.717) is 5.92 Å². The Hall–Kier alpha value is -1.42. The summed E-state index contributed by atoms with van der Waals surface area (Å²) in [6.07, 6.45) is 12.4. The summed E-state index contributed by atoms with van der Waals surface area (Å²) in [6.45, 7) is 0. The molecule has 0 spiro atoms. The highest BCUT2D eigenvalue weighted by atomic mass is 15.1. The number of nitrogens with zero attached hydrogens (tertiary/aromatic N) is 1. The summed E-state index contributed by atoms with van der Waals surface area (Å²) < 4.78 is 0. The van der Waals surface area contributed by atoms with Crippen LogP contribution in [0.15, 0.2) is 30.3 Å². The summed E-state index contributed by atoms with van der Waals surface area (Å²) in [6, 6.07) is 10.7. The molecule has 0 bridgehead atoms. The van der Waals surface area contributed by atoms with Gasteiger partial charge >= 0.3 is 0 Å². The second-order valence-corrected chi connectivity index (χ2v) is 4.96. The van der Waals surface area contributed by atoms with E-state index in [4.69, 9.17) is 6.42 Å². The zero-order valence-corrected chi connectivity index (χ0v) is 10.6. The van der Waals surface area contributed by atoms with Crippen LogP contribution in [0.3, 0.4) is 0 Å². The molecule has 90 valence electrons. The minimum atomic E-state index is 0.248. The van der Waals surface area contributed by atoms with Crippen molar-refractivity contribution in [3.8, 4) is 12.3 Å². The molecule has 1 aliphatic carbocycles. The Balaban J connectivity index is 2.10. The monoisotopic (exact) mass is 227 g/mol. The van der Waals surface area contributed by atoms with Crippen LogP contribution in [0.4, 0.5) is 5.69 Å². The lowest BCUT2D eigenvalue weighted by atomic mass is 9.83. The molecule has 1 aromatic carbocycles. The van der Waals surface area contributed by atoms with Gasteiger partial charge in [-0.2, -0.15) is 0 Å². The number of hydrogen-bond donors (Lipinski definition) is 0. The first-order chi connectivity index (χ1) is 8.33. The third-order valence-electron chi connectivity index (χ3n) is 3.85. The van der Waals surface area contributed by atoms with Gasteiger partial charge < -0.3 is 4.90 Å².